The Morgan fingerprint density at radius 2 is 1.83 bits per heavy atom. The van der Waals surface area contributed by atoms with E-state index < -0.39 is 0 Å². The molecule has 1 heterocycles. The Morgan fingerprint density at radius 1 is 1.25 bits per heavy atom. The van der Waals surface area contributed by atoms with Gasteiger partial charge in [-0.15, -0.1) is 0 Å². The van der Waals surface area contributed by atoms with E-state index in [9.17, 15) is 4.79 Å². The van der Waals surface area contributed by atoms with Crippen LogP contribution in [0.2, 0.25) is 0 Å². The molecule has 0 radical (unpaired) electrons. The van der Waals surface area contributed by atoms with Crippen molar-refractivity contribution in [2.75, 3.05) is 26.0 Å². The fraction of sp³-hybridized carbons (Fsp3) is 0.778. The van der Waals surface area contributed by atoms with Gasteiger partial charge in [-0.1, -0.05) is 20.8 Å². The molecule has 0 aliphatic rings. The van der Waals surface area contributed by atoms with Gasteiger partial charge in [0.15, 0.2) is 0 Å². The van der Waals surface area contributed by atoms with Gasteiger partial charge in [0.2, 0.25) is 0 Å². The summed E-state index contributed by atoms with van der Waals surface area (Å²) in [6.07, 6.45) is 0.904. The van der Waals surface area contributed by atoms with Gasteiger partial charge in [0.25, 0.3) is 0 Å². The van der Waals surface area contributed by atoms with Crippen LogP contribution in [-0.4, -0.2) is 47.4 Å². The van der Waals surface area contributed by atoms with Crippen molar-refractivity contribution >= 4 is 11.8 Å². The van der Waals surface area contributed by atoms with Crippen molar-refractivity contribution in [1.82, 2.24) is 20.0 Å². The molecule has 0 bridgehead atoms. The standard InChI is InChI=1S/C18H35N5O/c1-13-12-15(23(21-13)18(5,6)7)20-16(24)19-14(17(2,3)4)10-11-22(8)9/h12,14H,10-11H2,1-9H3,(H2,19,20,24)/t14-/m0/s1. The third-order valence-corrected chi connectivity index (χ3v) is 3.92. The summed E-state index contributed by atoms with van der Waals surface area (Å²) in [5.74, 6) is 0.720. The van der Waals surface area contributed by atoms with Gasteiger partial charge in [0, 0.05) is 12.1 Å². The van der Waals surface area contributed by atoms with Crippen LogP contribution in [0.4, 0.5) is 10.6 Å². The Hall–Kier alpha value is -1.56. The summed E-state index contributed by atoms with van der Waals surface area (Å²) < 4.78 is 1.85. The second kappa shape index (κ2) is 7.55. The monoisotopic (exact) mass is 337 g/mol. The molecule has 0 saturated carbocycles. The fourth-order valence-corrected chi connectivity index (χ4v) is 2.52. The summed E-state index contributed by atoms with van der Waals surface area (Å²) in [6.45, 7) is 15.5. The van der Waals surface area contributed by atoms with E-state index in [0.29, 0.717) is 0 Å². The van der Waals surface area contributed by atoms with E-state index in [4.69, 9.17) is 0 Å². The van der Waals surface area contributed by atoms with Gasteiger partial charge < -0.3 is 10.2 Å². The van der Waals surface area contributed by atoms with Crippen molar-refractivity contribution in [3.63, 3.8) is 0 Å². The molecule has 2 N–H and O–H groups in total. The number of nitrogens with zero attached hydrogens (tertiary/aromatic N) is 3. The van der Waals surface area contributed by atoms with Gasteiger partial charge in [-0.3, -0.25) is 5.32 Å². The zero-order valence-corrected chi connectivity index (χ0v) is 16.8. The highest BCUT2D eigenvalue weighted by atomic mass is 16.2. The number of anilines is 1. The van der Waals surface area contributed by atoms with Crippen LogP contribution in [0.5, 0.6) is 0 Å². The predicted molar refractivity (Wildman–Crippen MR) is 101 cm³/mol. The first-order chi connectivity index (χ1) is 10.8. The molecule has 24 heavy (non-hydrogen) atoms. The first kappa shape index (κ1) is 20.5. The first-order valence-corrected chi connectivity index (χ1v) is 8.60. The van der Waals surface area contributed by atoms with Crippen molar-refractivity contribution in [3.8, 4) is 0 Å². The molecule has 1 rings (SSSR count). The van der Waals surface area contributed by atoms with Crippen molar-refractivity contribution in [3.05, 3.63) is 11.8 Å². The quantitative estimate of drug-likeness (QED) is 0.865. The Kier molecular flexibility index (Phi) is 6.45. The molecule has 1 aromatic heterocycles. The maximum absolute atomic E-state index is 12.5. The number of carbonyl (C=O) groups is 1. The lowest BCUT2D eigenvalue weighted by atomic mass is 9.85. The van der Waals surface area contributed by atoms with E-state index in [-0.39, 0.29) is 23.0 Å². The van der Waals surface area contributed by atoms with E-state index >= 15 is 0 Å². The minimum Gasteiger partial charge on any atom is -0.335 e. The van der Waals surface area contributed by atoms with Gasteiger partial charge in [0.1, 0.15) is 5.82 Å². The molecule has 2 amide bonds. The summed E-state index contributed by atoms with van der Waals surface area (Å²) in [4.78, 5) is 14.7. The number of aryl methyl sites for hydroxylation is 1. The molecule has 1 atom stereocenters. The normalized spacial score (nSPS) is 13.9. The molecule has 6 nitrogen and oxygen atoms in total. The summed E-state index contributed by atoms with van der Waals surface area (Å²) in [5, 5.41) is 10.6. The predicted octanol–water partition coefficient (Wildman–Crippen LogP) is 3.43. The maximum atomic E-state index is 12.5. The second-order valence-corrected chi connectivity index (χ2v) is 8.86. The lowest BCUT2D eigenvalue weighted by Crippen LogP contribution is -2.47. The van der Waals surface area contributed by atoms with E-state index in [0.717, 1.165) is 24.5 Å². The molecular formula is C18H35N5O. The summed E-state index contributed by atoms with van der Waals surface area (Å²) in [7, 11) is 4.09. The number of aromatic nitrogens is 2. The van der Waals surface area contributed by atoms with Crippen LogP contribution in [0.3, 0.4) is 0 Å². The lowest BCUT2D eigenvalue weighted by Gasteiger charge is -2.32. The molecule has 6 heteroatoms. The van der Waals surface area contributed by atoms with Gasteiger partial charge in [-0.2, -0.15) is 5.10 Å². The highest BCUT2D eigenvalue weighted by Gasteiger charge is 2.27. The first-order valence-electron chi connectivity index (χ1n) is 8.60. The van der Waals surface area contributed by atoms with Crippen LogP contribution in [0.25, 0.3) is 0 Å². The van der Waals surface area contributed by atoms with Crippen molar-refractivity contribution in [1.29, 1.82) is 0 Å². The SMILES string of the molecule is Cc1cc(NC(=O)N[C@@H](CCN(C)C)C(C)(C)C)n(C(C)(C)C)n1. The van der Waals surface area contributed by atoms with Crippen molar-refractivity contribution in [2.24, 2.45) is 5.41 Å². The Balaban J connectivity index is 2.83. The number of urea groups is 1. The topological polar surface area (TPSA) is 62.2 Å². The molecule has 0 aromatic carbocycles. The Morgan fingerprint density at radius 3 is 2.29 bits per heavy atom. The molecule has 0 spiro atoms. The van der Waals surface area contributed by atoms with Crippen LogP contribution in [0, 0.1) is 12.3 Å². The molecule has 0 aliphatic carbocycles. The van der Waals surface area contributed by atoms with E-state index in [1.165, 1.54) is 0 Å². The zero-order chi connectivity index (χ0) is 18.7. The third kappa shape index (κ3) is 6.15. The van der Waals surface area contributed by atoms with Crippen LogP contribution in [0.15, 0.2) is 6.07 Å². The van der Waals surface area contributed by atoms with E-state index in [1.807, 2.05) is 31.8 Å². The molecule has 138 valence electrons. The fourth-order valence-electron chi connectivity index (χ4n) is 2.52. The highest BCUT2D eigenvalue weighted by Crippen LogP contribution is 2.23. The highest BCUT2D eigenvalue weighted by molar-refractivity contribution is 5.88. The Bertz CT molecular complexity index is 549. The minimum atomic E-state index is -0.189. The van der Waals surface area contributed by atoms with E-state index in [1.54, 1.807) is 0 Å². The van der Waals surface area contributed by atoms with Crippen LogP contribution in [-0.2, 0) is 5.54 Å². The van der Waals surface area contributed by atoms with Crippen LogP contribution in [0.1, 0.15) is 53.7 Å². The van der Waals surface area contributed by atoms with Crippen molar-refractivity contribution < 1.29 is 4.79 Å². The van der Waals surface area contributed by atoms with Crippen molar-refractivity contribution in [2.45, 2.75) is 66.5 Å². The average molecular weight is 338 g/mol. The summed E-state index contributed by atoms with van der Waals surface area (Å²) in [5.41, 5.74) is 0.693. The third-order valence-electron chi connectivity index (χ3n) is 3.92. The average Bonchev–Trinajstić information content (AvgIpc) is 2.73. The van der Waals surface area contributed by atoms with Gasteiger partial charge >= 0.3 is 6.03 Å². The second-order valence-electron chi connectivity index (χ2n) is 8.86. The van der Waals surface area contributed by atoms with E-state index in [2.05, 4.69) is 62.2 Å². The maximum Gasteiger partial charge on any atom is 0.320 e. The van der Waals surface area contributed by atoms with Gasteiger partial charge in [-0.25, -0.2) is 9.48 Å². The number of hydrogen-bond acceptors (Lipinski definition) is 3. The van der Waals surface area contributed by atoms with Gasteiger partial charge in [0.05, 0.1) is 11.2 Å². The smallest absolute Gasteiger partial charge is 0.320 e. The molecule has 0 saturated heterocycles. The summed E-state index contributed by atoms with van der Waals surface area (Å²) in [6, 6.07) is 1.81. The molecule has 0 aliphatic heterocycles. The number of carbonyl (C=O) groups excluding carboxylic acids is 1. The Labute approximate surface area is 147 Å². The molecule has 0 fully saturated rings. The molecular weight excluding hydrogens is 302 g/mol. The zero-order valence-electron chi connectivity index (χ0n) is 16.8. The number of hydrogen-bond donors (Lipinski definition) is 2. The molecule has 1 aromatic rings. The number of amides is 2. The minimum absolute atomic E-state index is 0.00641. The van der Waals surface area contributed by atoms with Crippen LogP contribution < -0.4 is 10.6 Å². The largest absolute Gasteiger partial charge is 0.335 e. The number of nitrogens with one attached hydrogen (secondary N) is 2. The van der Waals surface area contributed by atoms with Crippen LogP contribution >= 0.6 is 0 Å². The molecule has 0 unspecified atom stereocenters. The summed E-state index contributed by atoms with van der Waals surface area (Å²) >= 11 is 0. The van der Waals surface area contributed by atoms with Gasteiger partial charge in [-0.05, 0) is 60.2 Å². The lowest BCUT2D eigenvalue weighted by molar-refractivity contribution is 0.215. The number of rotatable bonds is 5.